The molecule has 0 aliphatic carbocycles. The van der Waals surface area contributed by atoms with Crippen LogP contribution in [0.25, 0.3) is 5.76 Å². The fourth-order valence-electron chi connectivity index (χ4n) is 4.55. The minimum atomic E-state index is -0.648. The van der Waals surface area contributed by atoms with Crippen LogP contribution in [0.15, 0.2) is 48.0 Å². The van der Waals surface area contributed by atoms with Gasteiger partial charge in [-0.05, 0) is 80.2 Å². The average Bonchev–Trinajstić information content (AvgIpc) is 3.07. The summed E-state index contributed by atoms with van der Waals surface area (Å²) in [6.07, 6.45) is 0.720. The van der Waals surface area contributed by atoms with E-state index in [-0.39, 0.29) is 16.7 Å². The van der Waals surface area contributed by atoms with Crippen LogP contribution < -0.4 is 4.74 Å². The molecule has 1 amide bonds. The highest BCUT2D eigenvalue weighted by atomic mass is 16.5. The number of aliphatic hydroxyl groups excluding tert-OH is 1. The number of Topliss-reactive ketones (excluding diaryl/α,β-unsaturated/α-hetero) is 1. The molecule has 37 heavy (non-hydrogen) atoms. The Morgan fingerprint density at radius 1 is 1.08 bits per heavy atom. The van der Waals surface area contributed by atoms with Crippen LogP contribution in [0.4, 0.5) is 0 Å². The van der Waals surface area contributed by atoms with Crippen molar-refractivity contribution < 1.29 is 19.4 Å². The lowest BCUT2D eigenvalue weighted by Crippen LogP contribution is -2.32. The molecule has 1 unspecified atom stereocenters. The Bertz CT molecular complexity index is 1160. The van der Waals surface area contributed by atoms with Gasteiger partial charge in [0.05, 0.1) is 18.2 Å². The second kappa shape index (κ2) is 11.5. The molecule has 6 nitrogen and oxygen atoms in total. The van der Waals surface area contributed by atoms with Crippen molar-refractivity contribution in [2.45, 2.75) is 59.4 Å². The van der Waals surface area contributed by atoms with Crippen molar-refractivity contribution in [3.8, 4) is 5.75 Å². The Hall–Kier alpha value is -3.12. The number of ketones is 1. The summed E-state index contributed by atoms with van der Waals surface area (Å²) in [7, 11) is 3.96. The lowest BCUT2D eigenvalue weighted by molar-refractivity contribution is -0.139. The SMILES string of the molecule is Cc1cc(/C(O)=C2/C(=O)C(=O)N(CCCN(C)C)C2c2ccc(C(C)(C)C)cc2)ccc1OCC(C)C. The van der Waals surface area contributed by atoms with Gasteiger partial charge in [0.15, 0.2) is 0 Å². The van der Waals surface area contributed by atoms with Crippen LogP contribution in [0.5, 0.6) is 5.75 Å². The van der Waals surface area contributed by atoms with E-state index in [0.29, 0.717) is 24.6 Å². The lowest BCUT2D eigenvalue weighted by atomic mass is 9.85. The molecule has 6 heteroatoms. The normalized spacial score (nSPS) is 17.8. The highest BCUT2D eigenvalue weighted by Gasteiger charge is 2.45. The van der Waals surface area contributed by atoms with Crippen molar-refractivity contribution in [2.24, 2.45) is 5.92 Å². The third-order valence-electron chi connectivity index (χ3n) is 6.66. The van der Waals surface area contributed by atoms with E-state index >= 15 is 0 Å². The quantitative estimate of drug-likeness (QED) is 0.268. The third kappa shape index (κ3) is 6.61. The number of hydrogen-bond acceptors (Lipinski definition) is 5. The van der Waals surface area contributed by atoms with E-state index in [1.54, 1.807) is 11.0 Å². The molecule has 0 radical (unpaired) electrons. The summed E-state index contributed by atoms with van der Waals surface area (Å²) >= 11 is 0. The van der Waals surface area contributed by atoms with Gasteiger partial charge >= 0.3 is 0 Å². The summed E-state index contributed by atoms with van der Waals surface area (Å²) < 4.78 is 5.88. The number of amides is 1. The lowest BCUT2D eigenvalue weighted by Gasteiger charge is -2.27. The van der Waals surface area contributed by atoms with Crippen molar-refractivity contribution >= 4 is 17.4 Å². The minimum absolute atomic E-state index is 0.0248. The molecule has 1 fully saturated rings. The average molecular weight is 507 g/mol. The van der Waals surface area contributed by atoms with Gasteiger partial charge < -0.3 is 19.6 Å². The molecule has 0 bridgehead atoms. The maximum Gasteiger partial charge on any atom is 0.295 e. The van der Waals surface area contributed by atoms with Gasteiger partial charge in [-0.25, -0.2) is 0 Å². The predicted molar refractivity (Wildman–Crippen MR) is 149 cm³/mol. The first-order valence-corrected chi connectivity index (χ1v) is 13.1. The standard InChI is InChI=1S/C31H42N2O4/c1-20(2)19-37-25-15-12-23(18-21(25)3)28(34)26-27(22-10-13-24(14-11-22)31(4,5)6)33(30(36)29(26)35)17-9-16-32(7)8/h10-15,18,20,27,34H,9,16-17,19H2,1-8H3/b28-26-. The predicted octanol–water partition coefficient (Wildman–Crippen LogP) is 5.70. The number of carbonyl (C=O) groups is 2. The summed E-state index contributed by atoms with van der Waals surface area (Å²) in [5.41, 5.74) is 3.44. The van der Waals surface area contributed by atoms with Crippen molar-refractivity contribution in [3.05, 3.63) is 70.3 Å². The molecular formula is C31H42N2O4. The van der Waals surface area contributed by atoms with Crippen LogP contribution in [0.2, 0.25) is 0 Å². The van der Waals surface area contributed by atoms with Gasteiger partial charge in [-0.2, -0.15) is 0 Å². The Labute approximate surface area is 221 Å². The van der Waals surface area contributed by atoms with Crippen LogP contribution in [-0.2, 0) is 15.0 Å². The molecule has 1 atom stereocenters. The zero-order valence-corrected chi connectivity index (χ0v) is 23.6. The largest absolute Gasteiger partial charge is 0.507 e. The molecule has 1 aliphatic heterocycles. The van der Waals surface area contributed by atoms with Crippen LogP contribution in [-0.4, -0.2) is 60.4 Å². The molecule has 0 saturated carbocycles. The van der Waals surface area contributed by atoms with E-state index in [1.165, 1.54) is 0 Å². The van der Waals surface area contributed by atoms with Gasteiger partial charge in [0, 0.05) is 12.1 Å². The minimum Gasteiger partial charge on any atom is -0.507 e. The number of nitrogens with zero attached hydrogens (tertiary/aromatic N) is 2. The fourth-order valence-corrected chi connectivity index (χ4v) is 4.55. The summed E-state index contributed by atoms with van der Waals surface area (Å²) in [6, 6.07) is 12.7. The van der Waals surface area contributed by atoms with Gasteiger partial charge in [0.25, 0.3) is 11.7 Å². The van der Waals surface area contributed by atoms with Crippen molar-refractivity contribution in [1.29, 1.82) is 0 Å². The van der Waals surface area contributed by atoms with E-state index in [4.69, 9.17) is 4.74 Å². The number of rotatable bonds is 9. The molecule has 0 spiro atoms. The van der Waals surface area contributed by atoms with Crippen LogP contribution in [0, 0.1) is 12.8 Å². The Morgan fingerprint density at radius 3 is 2.27 bits per heavy atom. The second-order valence-corrected chi connectivity index (χ2v) is 11.7. The molecule has 2 aromatic rings. The fraction of sp³-hybridized carbons (Fsp3) is 0.484. The number of aliphatic hydroxyl groups is 1. The van der Waals surface area contributed by atoms with E-state index in [9.17, 15) is 14.7 Å². The first-order valence-electron chi connectivity index (χ1n) is 13.1. The number of carbonyl (C=O) groups excluding carboxylic acids is 2. The van der Waals surface area contributed by atoms with Gasteiger partial charge in [-0.3, -0.25) is 9.59 Å². The highest BCUT2D eigenvalue weighted by Crippen LogP contribution is 2.40. The van der Waals surface area contributed by atoms with Crippen molar-refractivity contribution in [2.75, 3.05) is 33.8 Å². The Kier molecular flexibility index (Phi) is 8.85. The molecule has 200 valence electrons. The zero-order valence-electron chi connectivity index (χ0n) is 23.6. The molecule has 3 rings (SSSR count). The van der Waals surface area contributed by atoms with Gasteiger partial charge in [-0.1, -0.05) is 58.9 Å². The summed E-state index contributed by atoms with van der Waals surface area (Å²) in [4.78, 5) is 30.2. The summed E-state index contributed by atoms with van der Waals surface area (Å²) in [5.74, 6) is -0.245. The number of ether oxygens (including phenoxy) is 1. The van der Waals surface area contributed by atoms with Crippen molar-refractivity contribution in [1.82, 2.24) is 9.80 Å². The molecule has 1 N–H and O–H groups in total. The van der Waals surface area contributed by atoms with Gasteiger partial charge in [0.2, 0.25) is 0 Å². The van der Waals surface area contributed by atoms with Crippen LogP contribution >= 0.6 is 0 Å². The Balaban J connectivity index is 2.06. The van der Waals surface area contributed by atoms with E-state index < -0.39 is 17.7 Å². The van der Waals surface area contributed by atoms with Crippen LogP contribution in [0.1, 0.15) is 69.3 Å². The zero-order chi connectivity index (χ0) is 27.5. The third-order valence-corrected chi connectivity index (χ3v) is 6.66. The molecule has 0 aromatic heterocycles. The summed E-state index contributed by atoms with van der Waals surface area (Å²) in [6.45, 7) is 14.3. The number of likely N-dealkylation sites (tertiary alicyclic amines) is 1. The molecule has 1 aliphatic rings. The number of hydrogen-bond donors (Lipinski definition) is 1. The van der Waals surface area contributed by atoms with Crippen LogP contribution in [0.3, 0.4) is 0 Å². The number of benzene rings is 2. The molecule has 1 saturated heterocycles. The molecule has 1 heterocycles. The van der Waals surface area contributed by atoms with Gasteiger partial charge in [0.1, 0.15) is 11.5 Å². The highest BCUT2D eigenvalue weighted by molar-refractivity contribution is 6.46. The number of aryl methyl sites for hydroxylation is 1. The van der Waals surface area contributed by atoms with Crippen molar-refractivity contribution in [3.63, 3.8) is 0 Å². The smallest absolute Gasteiger partial charge is 0.295 e. The molecule has 2 aromatic carbocycles. The summed E-state index contributed by atoms with van der Waals surface area (Å²) in [5, 5.41) is 11.4. The first kappa shape index (κ1) is 28.5. The monoisotopic (exact) mass is 506 g/mol. The maximum atomic E-state index is 13.3. The van der Waals surface area contributed by atoms with Gasteiger partial charge in [-0.15, -0.1) is 0 Å². The topological polar surface area (TPSA) is 70.1 Å². The Morgan fingerprint density at radius 2 is 1.73 bits per heavy atom. The first-order chi connectivity index (χ1) is 17.3. The van der Waals surface area contributed by atoms with E-state index in [2.05, 4.69) is 39.5 Å². The second-order valence-electron chi connectivity index (χ2n) is 11.7. The van der Waals surface area contributed by atoms with E-state index in [1.807, 2.05) is 57.4 Å². The van der Waals surface area contributed by atoms with E-state index in [0.717, 1.165) is 35.4 Å². The molecular weight excluding hydrogens is 464 g/mol. The maximum absolute atomic E-state index is 13.3.